The maximum Gasteiger partial charge on any atom is 0.141 e. The van der Waals surface area contributed by atoms with Gasteiger partial charge < -0.3 is 9.88 Å². The monoisotopic (exact) mass is 234 g/mol. The molecule has 0 fully saturated rings. The summed E-state index contributed by atoms with van der Waals surface area (Å²) in [5.74, 6) is 0.528. The van der Waals surface area contributed by atoms with Crippen LogP contribution < -0.4 is 5.32 Å². The van der Waals surface area contributed by atoms with Gasteiger partial charge in [0, 0.05) is 25.1 Å². The Morgan fingerprint density at radius 2 is 2.29 bits per heavy atom. The highest BCUT2D eigenvalue weighted by molar-refractivity contribution is 5.22. The molecule has 4 nitrogen and oxygen atoms in total. The first kappa shape index (κ1) is 11.7. The number of hydrogen-bond donors (Lipinski definition) is 1. The van der Waals surface area contributed by atoms with Gasteiger partial charge in [-0.1, -0.05) is 0 Å². The average Bonchev–Trinajstić information content (AvgIpc) is 2.78. The second kappa shape index (κ2) is 5.05. The number of aryl methyl sites for hydroxylation is 1. The molecule has 0 radical (unpaired) electrons. The fraction of sp³-hybridized carbons (Fsp3) is 0.333. The molecule has 17 heavy (non-hydrogen) atoms. The lowest BCUT2D eigenvalue weighted by Crippen LogP contribution is -2.22. The van der Waals surface area contributed by atoms with Crippen LogP contribution in [0.3, 0.4) is 0 Å². The summed E-state index contributed by atoms with van der Waals surface area (Å²) in [6.45, 7) is 2.87. The van der Waals surface area contributed by atoms with Crippen LogP contribution in [0.25, 0.3) is 0 Å². The van der Waals surface area contributed by atoms with Crippen LogP contribution in [0.4, 0.5) is 4.39 Å². The minimum atomic E-state index is -0.336. The number of imidazole rings is 1. The normalized spacial score (nSPS) is 12.6. The van der Waals surface area contributed by atoms with E-state index in [4.69, 9.17) is 0 Å². The van der Waals surface area contributed by atoms with E-state index in [1.54, 1.807) is 12.4 Å². The zero-order valence-electron chi connectivity index (χ0n) is 9.89. The van der Waals surface area contributed by atoms with Crippen molar-refractivity contribution in [3.63, 3.8) is 0 Å². The Hall–Kier alpha value is -1.75. The number of nitrogens with zero attached hydrogens (tertiary/aromatic N) is 3. The summed E-state index contributed by atoms with van der Waals surface area (Å²) in [5, 5.41) is 3.13. The van der Waals surface area contributed by atoms with Crippen molar-refractivity contribution in [2.45, 2.75) is 19.5 Å². The molecule has 0 amide bonds. The molecule has 90 valence electrons. The minimum absolute atomic E-state index is 0.145. The van der Waals surface area contributed by atoms with Gasteiger partial charge in [0.2, 0.25) is 0 Å². The molecule has 1 N–H and O–H groups in total. The number of aromatic nitrogens is 3. The van der Waals surface area contributed by atoms with Gasteiger partial charge in [-0.25, -0.2) is 9.37 Å². The average molecular weight is 234 g/mol. The molecule has 0 aromatic carbocycles. The molecule has 0 spiro atoms. The second-order valence-electron chi connectivity index (χ2n) is 3.73. The first-order valence-corrected chi connectivity index (χ1v) is 5.55. The maximum absolute atomic E-state index is 13.2. The third-order valence-corrected chi connectivity index (χ3v) is 2.69. The van der Waals surface area contributed by atoms with Crippen LogP contribution in [-0.4, -0.2) is 21.6 Å². The van der Waals surface area contributed by atoms with Crippen molar-refractivity contribution in [3.05, 3.63) is 48.1 Å². The fourth-order valence-electron chi connectivity index (χ4n) is 1.88. The zero-order chi connectivity index (χ0) is 12.3. The number of pyridine rings is 1. The number of halogens is 1. The lowest BCUT2D eigenvalue weighted by atomic mass is 10.1. The molecule has 1 atom stereocenters. The van der Waals surface area contributed by atoms with Gasteiger partial charge >= 0.3 is 0 Å². The smallest absolute Gasteiger partial charge is 0.141 e. The molecule has 0 aliphatic carbocycles. The third kappa shape index (κ3) is 2.34. The van der Waals surface area contributed by atoms with Crippen molar-refractivity contribution in [1.82, 2.24) is 19.9 Å². The summed E-state index contributed by atoms with van der Waals surface area (Å²) in [5.41, 5.74) is 0.772. The van der Waals surface area contributed by atoms with E-state index >= 15 is 0 Å². The molecule has 0 aliphatic heterocycles. The Morgan fingerprint density at radius 1 is 1.47 bits per heavy atom. The predicted octanol–water partition coefficient (Wildman–Crippen LogP) is 1.75. The topological polar surface area (TPSA) is 42.7 Å². The summed E-state index contributed by atoms with van der Waals surface area (Å²) in [4.78, 5) is 8.18. The van der Waals surface area contributed by atoms with E-state index in [2.05, 4.69) is 15.3 Å². The first-order valence-electron chi connectivity index (χ1n) is 5.55. The van der Waals surface area contributed by atoms with Crippen molar-refractivity contribution in [3.8, 4) is 0 Å². The highest BCUT2D eigenvalue weighted by atomic mass is 19.1. The molecule has 0 aliphatic rings. The summed E-state index contributed by atoms with van der Waals surface area (Å²) >= 11 is 0. The molecule has 0 bridgehead atoms. The van der Waals surface area contributed by atoms with E-state index < -0.39 is 0 Å². The lowest BCUT2D eigenvalue weighted by molar-refractivity contribution is 0.575. The van der Waals surface area contributed by atoms with Gasteiger partial charge in [-0.2, -0.15) is 0 Å². The van der Waals surface area contributed by atoms with Gasteiger partial charge in [0.1, 0.15) is 11.6 Å². The summed E-state index contributed by atoms with van der Waals surface area (Å²) < 4.78 is 15.2. The van der Waals surface area contributed by atoms with Gasteiger partial charge in [-0.15, -0.1) is 0 Å². The van der Waals surface area contributed by atoms with Gasteiger partial charge in [-0.3, -0.25) is 4.98 Å². The highest BCUT2D eigenvalue weighted by Crippen LogP contribution is 2.20. The zero-order valence-corrected chi connectivity index (χ0v) is 9.89. The highest BCUT2D eigenvalue weighted by Gasteiger charge is 2.17. The predicted molar refractivity (Wildman–Crippen MR) is 63.0 cm³/mol. The van der Waals surface area contributed by atoms with Crippen LogP contribution in [0, 0.1) is 5.82 Å². The van der Waals surface area contributed by atoms with Crippen LogP contribution in [0.15, 0.2) is 30.9 Å². The standard InChI is InChI=1S/C12H15FN4/c1-3-17-5-4-16-12(17)11(14-2)9-6-10(13)8-15-7-9/h4-8,11,14H,3H2,1-2H3. The van der Waals surface area contributed by atoms with E-state index in [9.17, 15) is 4.39 Å². The molecule has 2 heterocycles. The van der Waals surface area contributed by atoms with Crippen molar-refractivity contribution < 1.29 is 4.39 Å². The second-order valence-corrected chi connectivity index (χ2v) is 3.73. The summed E-state index contributed by atoms with van der Waals surface area (Å²) in [6.07, 6.45) is 6.50. The van der Waals surface area contributed by atoms with E-state index in [-0.39, 0.29) is 11.9 Å². The molecule has 1 unspecified atom stereocenters. The quantitative estimate of drug-likeness (QED) is 0.876. The molecule has 0 saturated heterocycles. The lowest BCUT2D eigenvalue weighted by Gasteiger charge is -2.17. The van der Waals surface area contributed by atoms with Crippen LogP contribution in [0.1, 0.15) is 24.4 Å². The van der Waals surface area contributed by atoms with E-state index in [1.807, 2.05) is 24.7 Å². The molecular formula is C12H15FN4. The van der Waals surface area contributed by atoms with Crippen LogP contribution in [0.5, 0.6) is 0 Å². The molecule has 2 rings (SSSR count). The Kier molecular flexibility index (Phi) is 3.49. The van der Waals surface area contributed by atoms with Crippen LogP contribution >= 0.6 is 0 Å². The van der Waals surface area contributed by atoms with E-state index in [0.29, 0.717) is 0 Å². The van der Waals surface area contributed by atoms with Crippen molar-refractivity contribution in [2.75, 3.05) is 7.05 Å². The first-order chi connectivity index (χ1) is 8.26. The van der Waals surface area contributed by atoms with Gasteiger partial charge in [-0.05, 0) is 25.6 Å². The molecular weight excluding hydrogens is 219 g/mol. The van der Waals surface area contributed by atoms with Gasteiger partial charge in [0.05, 0.1) is 12.2 Å². The van der Waals surface area contributed by atoms with Crippen molar-refractivity contribution in [1.29, 1.82) is 0 Å². The summed E-state index contributed by atoms with van der Waals surface area (Å²) in [6, 6.07) is 1.33. The summed E-state index contributed by atoms with van der Waals surface area (Å²) in [7, 11) is 1.82. The Bertz CT molecular complexity index is 495. The maximum atomic E-state index is 13.2. The molecule has 2 aromatic rings. The number of rotatable bonds is 4. The van der Waals surface area contributed by atoms with Gasteiger partial charge in [0.25, 0.3) is 0 Å². The molecule has 0 saturated carbocycles. The Morgan fingerprint density at radius 3 is 2.94 bits per heavy atom. The van der Waals surface area contributed by atoms with Crippen LogP contribution in [0.2, 0.25) is 0 Å². The Labute approximate surface area is 99.5 Å². The van der Waals surface area contributed by atoms with Crippen molar-refractivity contribution in [2.24, 2.45) is 0 Å². The Balaban J connectivity index is 2.40. The van der Waals surface area contributed by atoms with Crippen molar-refractivity contribution >= 4 is 0 Å². The number of hydrogen-bond acceptors (Lipinski definition) is 3. The van der Waals surface area contributed by atoms with Gasteiger partial charge in [0.15, 0.2) is 0 Å². The van der Waals surface area contributed by atoms with E-state index in [0.717, 1.165) is 17.9 Å². The molecule has 2 aromatic heterocycles. The number of nitrogens with one attached hydrogen (secondary N) is 1. The minimum Gasteiger partial charge on any atom is -0.334 e. The molecule has 5 heteroatoms. The largest absolute Gasteiger partial charge is 0.334 e. The fourth-order valence-corrected chi connectivity index (χ4v) is 1.88. The SMILES string of the molecule is CCn1ccnc1C(NC)c1cncc(F)c1. The van der Waals surface area contributed by atoms with Crippen LogP contribution in [-0.2, 0) is 6.54 Å². The third-order valence-electron chi connectivity index (χ3n) is 2.69. The van der Waals surface area contributed by atoms with E-state index in [1.165, 1.54) is 12.3 Å².